The average Bonchev–Trinajstić information content (AvgIpc) is 3.39. The molecule has 3 heterocycles. The van der Waals surface area contributed by atoms with E-state index in [1.54, 1.807) is 17.8 Å². The maximum Gasteiger partial charge on any atom is 0.268 e. The zero-order valence-electron chi connectivity index (χ0n) is 14.3. The van der Waals surface area contributed by atoms with Gasteiger partial charge in [-0.15, -0.1) is 16.4 Å². The first-order valence-corrected chi connectivity index (χ1v) is 10.8. The zero-order chi connectivity index (χ0) is 19.7. The second-order valence-corrected chi connectivity index (χ2v) is 9.40. The summed E-state index contributed by atoms with van der Waals surface area (Å²) in [5, 5.41) is 19.0. The number of aromatic nitrogens is 4. The van der Waals surface area contributed by atoms with Crippen molar-refractivity contribution in [1.82, 2.24) is 20.2 Å². The van der Waals surface area contributed by atoms with Crippen LogP contribution < -0.4 is 5.32 Å². The van der Waals surface area contributed by atoms with Crippen LogP contribution in [0.4, 0.5) is 5.69 Å². The molecule has 144 valence electrons. The zero-order valence-corrected chi connectivity index (χ0v) is 18.3. The fourth-order valence-electron chi connectivity index (χ4n) is 2.44. The van der Waals surface area contributed by atoms with Gasteiger partial charge >= 0.3 is 0 Å². The number of amides is 1. The standard InChI is InChI=1S/C16H12BrClN6O2S2/c1-24-16(20-22-23-24)28-12-3-2-8(17)6-9(12)19-15(25)11-7-10(21-26-11)13-4-5-14(18)27-13/h2-6,11H,7H2,1H3,(H,19,25). The molecule has 0 aliphatic carbocycles. The highest BCUT2D eigenvalue weighted by atomic mass is 79.9. The van der Waals surface area contributed by atoms with Crippen LogP contribution in [-0.4, -0.2) is 37.9 Å². The Labute approximate surface area is 181 Å². The van der Waals surface area contributed by atoms with Crippen LogP contribution in [0.2, 0.25) is 4.34 Å². The van der Waals surface area contributed by atoms with Crippen molar-refractivity contribution in [2.75, 3.05) is 5.32 Å². The van der Waals surface area contributed by atoms with E-state index in [0.717, 1.165) is 14.2 Å². The Balaban J connectivity index is 1.47. The third-order valence-electron chi connectivity index (χ3n) is 3.80. The lowest BCUT2D eigenvalue weighted by Gasteiger charge is -2.13. The number of nitrogens with one attached hydrogen (secondary N) is 1. The Morgan fingerprint density at radius 2 is 2.29 bits per heavy atom. The van der Waals surface area contributed by atoms with Gasteiger partial charge in [0.25, 0.3) is 5.91 Å². The minimum absolute atomic E-state index is 0.280. The fourth-order valence-corrected chi connectivity index (χ4v) is 4.63. The summed E-state index contributed by atoms with van der Waals surface area (Å²) in [6.45, 7) is 0. The molecule has 0 bridgehead atoms. The number of nitrogens with zero attached hydrogens (tertiary/aromatic N) is 5. The summed E-state index contributed by atoms with van der Waals surface area (Å²) < 4.78 is 3.06. The first-order valence-electron chi connectivity index (χ1n) is 7.98. The highest BCUT2D eigenvalue weighted by Crippen LogP contribution is 2.34. The van der Waals surface area contributed by atoms with E-state index in [1.165, 1.54) is 23.1 Å². The molecular formula is C16H12BrClN6O2S2. The second-order valence-electron chi connectivity index (χ2n) is 5.76. The first kappa shape index (κ1) is 19.4. The number of hydrogen-bond donors (Lipinski definition) is 1. The van der Waals surface area contributed by atoms with Crippen molar-refractivity contribution in [2.24, 2.45) is 12.2 Å². The molecule has 0 fully saturated rings. The molecule has 1 aliphatic heterocycles. The summed E-state index contributed by atoms with van der Waals surface area (Å²) in [7, 11) is 1.75. The number of rotatable bonds is 5. The molecule has 1 aromatic carbocycles. The van der Waals surface area contributed by atoms with Crippen molar-refractivity contribution < 1.29 is 9.63 Å². The van der Waals surface area contributed by atoms with Crippen LogP contribution in [0.15, 0.2) is 50.0 Å². The van der Waals surface area contributed by atoms with Gasteiger partial charge in [0.15, 0.2) is 0 Å². The topological polar surface area (TPSA) is 94.3 Å². The van der Waals surface area contributed by atoms with E-state index >= 15 is 0 Å². The van der Waals surface area contributed by atoms with Crippen LogP contribution in [0.5, 0.6) is 0 Å². The SMILES string of the molecule is Cn1nnnc1Sc1ccc(Br)cc1NC(=O)C1CC(c2ccc(Cl)s2)=NO1. The average molecular weight is 500 g/mol. The molecule has 28 heavy (non-hydrogen) atoms. The van der Waals surface area contributed by atoms with Crippen LogP contribution >= 0.6 is 50.6 Å². The van der Waals surface area contributed by atoms with Crippen molar-refractivity contribution in [1.29, 1.82) is 0 Å². The van der Waals surface area contributed by atoms with Crippen molar-refractivity contribution in [3.63, 3.8) is 0 Å². The second kappa shape index (κ2) is 8.19. The van der Waals surface area contributed by atoms with Crippen LogP contribution in [-0.2, 0) is 16.7 Å². The number of benzene rings is 1. The van der Waals surface area contributed by atoms with Gasteiger partial charge in [-0.1, -0.05) is 32.7 Å². The molecule has 1 unspecified atom stereocenters. The van der Waals surface area contributed by atoms with Gasteiger partial charge in [0.1, 0.15) is 5.71 Å². The van der Waals surface area contributed by atoms with Gasteiger partial charge in [-0.3, -0.25) is 4.79 Å². The van der Waals surface area contributed by atoms with Gasteiger partial charge in [-0.05, 0) is 52.5 Å². The lowest BCUT2D eigenvalue weighted by molar-refractivity contribution is -0.125. The Morgan fingerprint density at radius 1 is 1.43 bits per heavy atom. The molecule has 8 nitrogen and oxygen atoms in total. The molecule has 0 saturated heterocycles. The van der Waals surface area contributed by atoms with Crippen LogP contribution in [0.25, 0.3) is 0 Å². The Morgan fingerprint density at radius 3 is 3.00 bits per heavy atom. The summed E-state index contributed by atoms with van der Waals surface area (Å²) in [6, 6.07) is 9.25. The molecular weight excluding hydrogens is 488 g/mol. The highest BCUT2D eigenvalue weighted by molar-refractivity contribution is 9.10. The summed E-state index contributed by atoms with van der Waals surface area (Å²) >= 11 is 12.2. The largest absolute Gasteiger partial charge is 0.382 e. The van der Waals surface area contributed by atoms with Crippen LogP contribution in [0.3, 0.4) is 0 Å². The van der Waals surface area contributed by atoms with E-state index in [-0.39, 0.29) is 5.91 Å². The van der Waals surface area contributed by atoms with E-state index in [4.69, 9.17) is 16.4 Å². The number of anilines is 1. The van der Waals surface area contributed by atoms with Gasteiger partial charge in [-0.2, -0.15) is 0 Å². The van der Waals surface area contributed by atoms with E-state index in [0.29, 0.717) is 27.3 Å². The molecule has 4 rings (SSSR count). The number of aryl methyl sites for hydroxylation is 1. The molecule has 1 N–H and O–H groups in total. The van der Waals surface area contributed by atoms with Crippen LogP contribution in [0.1, 0.15) is 11.3 Å². The lowest BCUT2D eigenvalue weighted by Crippen LogP contribution is -2.28. The molecule has 1 aliphatic rings. The summed E-state index contributed by atoms with van der Waals surface area (Å²) in [6.07, 6.45) is -0.323. The molecule has 2 aromatic heterocycles. The predicted octanol–water partition coefficient (Wildman–Crippen LogP) is 3.97. The van der Waals surface area contributed by atoms with Gasteiger partial charge in [0, 0.05) is 22.8 Å². The molecule has 1 amide bonds. The molecule has 0 saturated carbocycles. The number of carbonyl (C=O) groups is 1. The van der Waals surface area contributed by atoms with Crippen molar-refractivity contribution in [2.45, 2.75) is 22.6 Å². The van der Waals surface area contributed by atoms with Gasteiger partial charge in [0.05, 0.1) is 14.9 Å². The Bertz CT molecular complexity index is 1070. The van der Waals surface area contributed by atoms with E-state index in [2.05, 4.69) is 41.9 Å². The predicted molar refractivity (Wildman–Crippen MR) is 111 cm³/mol. The number of oxime groups is 1. The van der Waals surface area contributed by atoms with Crippen LogP contribution in [0, 0.1) is 0 Å². The molecule has 0 spiro atoms. The van der Waals surface area contributed by atoms with Crippen molar-refractivity contribution in [3.8, 4) is 0 Å². The number of thiophene rings is 1. The van der Waals surface area contributed by atoms with E-state index < -0.39 is 6.10 Å². The smallest absolute Gasteiger partial charge is 0.268 e. The van der Waals surface area contributed by atoms with Gasteiger partial charge in [0.2, 0.25) is 11.3 Å². The summed E-state index contributed by atoms with van der Waals surface area (Å²) in [5.74, 6) is -0.280. The maximum absolute atomic E-state index is 12.7. The van der Waals surface area contributed by atoms with E-state index in [1.807, 2.05) is 24.3 Å². The minimum Gasteiger partial charge on any atom is -0.382 e. The fraction of sp³-hybridized carbons (Fsp3) is 0.188. The third-order valence-corrected chi connectivity index (χ3v) is 6.68. The quantitative estimate of drug-likeness (QED) is 0.571. The third kappa shape index (κ3) is 4.22. The number of halogens is 2. The minimum atomic E-state index is -0.704. The number of tetrazole rings is 1. The Hall–Kier alpha value is -1.95. The summed E-state index contributed by atoms with van der Waals surface area (Å²) in [4.78, 5) is 19.8. The maximum atomic E-state index is 12.7. The Kier molecular flexibility index (Phi) is 5.67. The van der Waals surface area contributed by atoms with Crippen molar-refractivity contribution >= 4 is 67.9 Å². The summed E-state index contributed by atoms with van der Waals surface area (Å²) in [5.41, 5.74) is 1.34. The molecule has 1 atom stereocenters. The normalized spacial score (nSPS) is 16.0. The first-order chi connectivity index (χ1) is 13.5. The van der Waals surface area contributed by atoms with E-state index in [9.17, 15) is 4.79 Å². The van der Waals surface area contributed by atoms with Crippen molar-refractivity contribution in [3.05, 3.63) is 44.0 Å². The monoisotopic (exact) mass is 498 g/mol. The molecule has 12 heteroatoms. The number of carbonyl (C=O) groups excluding carboxylic acids is 1. The van der Waals surface area contributed by atoms with Gasteiger partial charge in [-0.25, -0.2) is 4.68 Å². The highest BCUT2D eigenvalue weighted by Gasteiger charge is 2.30. The molecule has 3 aromatic rings. The molecule has 0 radical (unpaired) electrons. The number of hydrogen-bond acceptors (Lipinski definition) is 8. The van der Waals surface area contributed by atoms with Gasteiger partial charge < -0.3 is 10.2 Å². The lowest BCUT2D eigenvalue weighted by atomic mass is 10.1.